The van der Waals surface area contributed by atoms with Crippen molar-refractivity contribution in [3.8, 4) is 5.75 Å². The Kier molecular flexibility index (Phi) is 5.84. The third-order valence-corrected chi connectivity index (χ3v) is 6.93. The van der Waals surface area contributed by atoms with Gasteiger partial charge >= 0.3 is 5.97 Å². The first-order valence-corrected chi connectivity index (χ1v) is 10.8. The second-order valence-corrected chi connectivity index (χ2v) is 9.14. The number of hydrogen-bond acceptors (Lipinski definition) is 6. The average Bonchev–Trinajstić information content (AvgIpc) is 3.31. The molecule has 1 fully saturated rings. The number of nitrogens with one attached hydrogen (secondary N) is 1. The molecule has 1 saturated carbocycles. The molecule has 1 aromatic heterocycles. The Bertz CT molecular complexity index is 1210. The number of aromatic nitrogens is 1. The molecular formula is C26H28N2O5. The van der Waals surface area contributed by atoms with Gasteiger partial charge in [-0.1, -0.05) is 44.2 Å². The highest BCUT2D eigenvalue weighted by Crippen LogP contribution is 2.70. The number of fused-ring (bicyclic) bond motifs is 1. The number of hydrogen-bond donors (Lipinski definition) is 2. The van der Waals surface area contributed by atoms with Crippen molar-refractivity contribution in [2.45, 2.75) is 33.8 Å². The number of ether oxygens (including phenoxy) is 2. The number of rotatable bonds is 7. The fraction of sp³-hybridized carbons (Fsp3) is 0.346. The normalized spacial score (nSPS) is 20.8. The highest BCUT2D eigenvalue weighted by Gasteiger charge is 2.78. The predicted octanol–water partition coefficient (Wildman–Crippen LogP) is 3.99. The fourth-order valence-electron chi connectivity index (χ4n) is 5.14. The van der Waals surface area contributed by atoms with Crippen molar-refractivity contribution in [2.75, 3.05) is 7.11 Å². The summed E-state index contributed by atoms with van der Waals surface area (Å²) in [6.07, 6.45) is 0.319. The Morgan fingerprint density at radius 2 is 1.82 bits per heavy atom. The largest absolute Gasteiger partial charge is 0.489 e. The molecule has 0 bridgehead atoms. The Morgan fingerprint density at radius 3 is 2.48 bits per heavy atom. The summed E-state index contributed by atoms with van der Waals surface area (Å²) in [5.74, 6) is -1.02. The number of methoxy groups -OCH3 is 1. The lowest BCUT2D eigenvalue weighted by Crippen LogP contribution is -2.30. The van der Waals surface area contributed by atoms with Crippen LogP contribution in [0.25, 0.3) is 10.9 Å². The van der Waals surface area contributed by atoms with Gasteiger partial charge in [0.1, 0.15) is 12.4 Å². The second-order valence-electron chi connectivity index (χ2n) is 9.14. The Labute approximate surface area is 192 Å². The number of nitrogens with zero attached hydrogens (tertiary/aromatic N) is 1. The summed E-state index contributed by atoms with van der Waals surface area (Å²) < 4.78 is 11.1. The molecule has 0 spiro atoms. The summed E-state index contributed by atoms with van der Waals surface area (Å²) in [6, 6.07) is 17.5. The SMILES string of the molecule is COC(=O)[C@]1(Cc2ccc(OCc3cc(C)nc4ccccc34)cc2)[C@@H](C(=O)NO)C1(C)C. The van der Waals surface area contributed by atoms with E-state index < -0.39 is 28.6 Å². The highest BCUT2D eigenvalue weighted by atomic mass is 16.5. The fourth-order valence-corrected chi connectivity index (χ4v) is 5.14. The topological polar surface area (TPSA) is 97.8 Å². The molecule has 33 heavy (non-hydrogen) atoms. The maximum atomic E-state index is 12.7. The summed E-state index contributed by atoms with van der Waals surface area (Å²) in [7, 11) is 1.31. The monoisotopic (exact) mass is 448 g/mol. The molecule has 0 unspecified atom stereocenters. The van der Waals surface area contributed by atoms with Crippen molar-refractivity contribution in [3.05, 3.63) is 71.4 Å². The molecular weight excluding hydrogens is 420 g/mol. The number of aryl methyl sites for hydroxylation is 1. The molecule has 3 aromatic rings. The number of pyridine rings is 1. The first-order chi connectivity index (χ1) is 15.7. The quantitative estimate of drug-likeness (QED) is 0.322. The molecule has 1 heterocycles. The molecule has 0 aliphatic heterocycles. The zero-order chi connectivity index (χ0) is 23.8. The zero-order valence-electron chi connectivity index (χ0n) is 19.2. The van der Waals surface area contributed by atoms with E-state index in [0.717, 1.165) is 27.7 Å². The van der Waals surface area contributed by atoms with Crippen LogP contribution in [-0.4, -0.2) is 29.2 Å². The van der Waals surface area contributed by atoms with Crippen molar-refractivity contribution in [1.82, 2.24) is 10.5 Å². The summed E-state index contributed by atoms with van der Waals surface area (Å²) in [5.41, 5.74) is 3.81. The summed E-state index contributed by atoms with van der Waals surface area (Å²) in [6.45, 7) is 6.04. The first-order valence-electron chi connectivity index (χ1n) is 10.8. The lowest BCUT2D eigenvalue weighted by atomic mass is 9.88. The van der Waals surface area contributed by atoms with E-state index in [1.807, 2.05) is 75.4 Å². The molecule has 2 N–H and O–H groups in total. The van der Waals surface area contributed by atoms with Crippen LogP contribution in [0.5, 0.6) is 5.75 Å². The lowest BCUT2D eigenvalue weighted by molar-refractivity contribution is -0.150. The molecule has 172 valence electrons. The Balaban J connectivity index is 1.51. The van der Waals surface area contributed by atoms with Crippen molar-refractivity contribution in [2.24, 2.45) is 16.7 Å². The minimum atomic E-state index is -1.04. The number of amides is 1. The van der Waals surface area contributed by atoms with E-state index in [1.165, 1.54) is 7.11 Å². The van der Waals surface area contributed by atoms with E-state index in [0.29, 0.717) is 18.8 Å². The van der Waals surface area contributed by atoms with Gasteiger partial charge in [-0.15, -0.1) is 0 Å². The number of hydroxylamine groups is 1. The van der Waals surface area contributed by atoms with Crippen LogP contribution in [0.2, 0.25) is 0 Å². The molecule has 1 aliphatic carbocycles. The minimum absolute atomic E-state index is 0.319. The van der Waals surface area contributed by atoms with E-state index in [1.54, 1.807) is 5.48 Å². The number of carbonyl (C=O) groups is 2. The molecule has 0 radical (unpaired) electrons. The van der Waals surface area contributed by atoms with Gasteiger partial charge in [0.2, 0.25) is 5.91 Å². The van der Waals surface area contributed by atoms with Gasteiger partial charge in [0, 0.05) is 16.6 Å². The van der Waals surface area contributed by atoms with Crippen LogP contribution in [-0.2, 0) is 27.4 Å². The molecule has 2 aromatic carbocycles. The maximum Gasteiger partial charge on any atom is 0.313 e. The number of para-hydroxylation sites is 1. The van der Waals surface area contributed by atoms with E-state index in [2.05, 4.69) is 4.98 Å². The molecule has 2 atom stereocenters. The summed E-state index contributed by atoms with van der Waals surface area (Å²) >= 11 is 0. The number of carbonyl (C=O) groups excluding carboxylic acids is 2. The standard InChI is InChI=1S/C26H28N2O5/c1-16-13-18(20-7-5-6-8-21(20)27-16)15-33-19-11-9-17(10-12-19)14-26(24(30)32-4)22(23(29)28-31)25(26,2)3/h5-13,22,31H,14-15H2,1-4H3,(H,28,29)/t22-,26-/m0/s1. The maximum absolute atomic E-state index is 12.7. The van der Waals surface area contributed by atoms with Crippen molar-refractivity contribution in [1.29, 1.82) is 0 Å². The summed E-state index contributed by atoms with van der Waals surface area (Å²) in [4.78, 5) is 29.5. The second kappa shape index (κ2) is 8.48. The average molecular weight is 449 g/mol. The van der Waals surface area contributed by atoms with E-state index in [-0.39, 0.29) is 0 Å². The van der Waals surface area contributed by atoms with Crippen LogP contribution in [0.15, 0.2) is 54.6 Å². The summed E-state index contributed by atoms with van der Waals surface area (Å²) in [5, 5.41) is 10.2. The molecule has 7 nitrogen and oxygen atoms in total. The highest BCUT2D eigenvalue weighted by molar-refractivity contribution is 5.95. The van der Waals surface area contributed by atoms with E-state index in [9.17, 15) is 9.59 Å². The van der Waals surface area contributed by atoms with Gasteiger partial charge in [-0.25, -0.2) is 5.48 Å². The third kappa shape index (κ3) is 3.82. The van der Waals surface area contributed by atoms with Gasteiger partial charge in [0.25, 0.3) is 0 Å². The third-order valence-electron chi connectivity index (χ3n) is 6.93. The van der Waals surface area contributed by atoms with Gasteiger partial charge in [-0.05, 0) is 48.6 Å². The Hall–Kier alpha value is -3.45. The minimum Gasteiger partial charge on any atom is -0.489 e. The van der Waals surface area contributed by atoms with Crippen LogP contribution in [0.4, 0.5) is 0 Å². The zero-order valence-corrected chi connectivity index (χ0v) is 19.2. The van der Waals surface area contributed by atoms with Gasteiger partial charge in [-0.3, -0.25) is 19.8 Å². The van der Waals surface area contributed by atoms with E-state index in [4.69, 9.17) is 14.7 Å². The molecule has 4 rings (SSSR count). The van der Waals surface area contributed by atoms with Gasteiger partial charge in [0.15, 0.2) is 0 Å². The molecule has 7 heteroatoms. The molecule has 1 aliphatic rings. The molecule has 0 saturated heterocycles. The van der Waals surface area contributed by atoms with Crippen LogP contribution in [0, 0.1) is 23.7 Å². The number of benzene rings is 2. The van der Waals surface area contributed by atoms with Crippen LogP contribution in [0.3, 0.4) is 0 Å². The lowest BCUT2D eigenvalue weighted by Gasteiger charge is -2.18. The van der Waals surface area contributed by atoms with Gasteiger partial charge < -0.3 is 9.47 Å². The van der Waals surface area contributed by atoms with Gasteiger partial charge in [-0.2, -0.15) is 0 Å². The van der Waals surface area contributed by atoms with Crippen LogP contribution in [0.1, 0.15) is 30.7 Å². The van der Waals surface area contributed by atoms with Crippen molar-refractivity contribution < 1.29 is 24.3 Å². The smallest absolute Gasteiger partial charge is 0.313 e. The Morgan fingerprint density at radius 1 is 1.12 bits per heavy atom. The van der Waals surface area contributed by atoms with Gasteiger partial charge in [0.05, 0.1) is 24.0 Å². The van der Waals surface area contributed by atoms with Crippen LogP contribution < -0.4 is 10.2 Å². The van der Waals surface area contributed by atoms with Crippen LogP contribution >= 0.6 is 0 Å². The first kappa shape index (κ1) is 22.7. The van der Waals surface area contributed by atoms with Crippen molar-refractivity contribution >= 4 is 22.8 Å². The van der Waals surface area contributed by atoms with E-state index >= 15 is 0 Å². The van der Waals surface area contributed by atoms with Crippen molar-refractivity contribution in [3.63, 3.8) is 0 Å². The molecule has 1 amide bonds. The predicted molar refractivity (Wildman–Crippen MR) is 123 cm³/mol. The number of esters is 1.